The molecule has 14 heavy (non-hydrogen) atoms. The topological polar surface area (TPSA) is 20.2 Å². The highest BCUT2D eigenvalue weighted by molar-refractivity contribution is 5.29. The Labute approximate surface area is 84.6 Å². The molecule has 1 unspecified atom stereocenters. The van der Waals surface area contributed by atoms with E-state index in [-0.39, 0.29) is 18.3 Å². The van der Waals surface area contributed by atoms with E-state index in [0.29, 0.717) is 11.5 Å². The Morgan fingerprint density at radius 2 is 1.93 bits per heavy atom. The van der Waals surface area contributed by atoms with Gasteiger partial charge in [0.2, 0.25) is 0 Å². The third-order valence-electron chi connectivity index (χ3n) is 2.49. The zero-order valence-corrected chi connectivity index (χ0v) is 8.92. The standard InChI is InChI=1S/C12H17FO/c1-8(2)10-4-5-12(13)11(6-10)9(3)7-14/h4-6,8-9,14H,7H2,1-3H3. The second-order valence-corrected chi connectivity index (χ2v) is 4.02. The number of hydrogen-bond acceptors (Lipinski definition) is 1. The van der Waals surface area contributed by atoms with Gasteiger partial charge in [0.25, 0.3) is 0 Å². The van der Waals surface area contributed by atoms with Gasteiger partial charge in [0.05, 0.1) is 0 Å². The van der Waals surface area contributed by atoms with Crippen LogP contribution in [-0.4, -0.2) is 11.7 Å². The first-order valence-corrected chi connectivity index (χ1v) is 4.96. The van der Waals surface area contributed by atoms with Crippen LogP contribution in [0.25, 0.3) is 0 Å². The maximum atomic E-state index is 13.4. The molecule has 1 N–H and O–H groups in total. The summed E-state index contributed by atoms with van der Waals surface area (Å²) in [6, 6.07) is 5.13. The quantitative estimate of drug-likeness (QED) is 0.787. The number of aliphatic hydroxyl groups is 1. The molecule has 78 valence electrons. The lowest BCUT2D eigenvalue weighted by Crippen LogP contribution is -2.03. The van der Waals surface area contributed by atoms with Crippen LogP contribution in [0.15, 0.2) is 18.2 Å². The van der Waals surface area contributed by atoms with Gasteiger partial charge in [-0.15, -0.1) is 0 Å². The highest BCUT2D eigenvalue weighted by Crippen LogP contribution is 2.23. The molecule has 0 aliphatic heterocycles. The summed E-state index contributed by atoms with van der Waals surface area (Å²) in [4.78, 5) is 0. The molecule has 0 aromatic heterocycles. The fraction of sp³-hybridized carbons (Fsp3) is 0.500. The molecule has 0 radical (unpaired) electrons. The van der Waals surface area contributed by atoms with Gasteiger partial charge in [0, 0.05) is 12.5 Å². The highest BCUT2D eigenvalue weighted by atomic mass is 19.1. The van der Waals surface area contributed by atoms with Crippen LogP contribution in [0.5, 0.6) is 0 Å². The molecule has 1 rings (SSSR count). The Balaban J connectivity index is 3.08. The van der Waals surface area contributed by atoms with Crippen molar-refractivity contribution in [1.29, 1.82) is 0 Å². The fourth-order valence-electron chi connectivity index (χ4n) is 1.40. The predicted octanol–water partition coefficient (Wildman–Crippen LogP) is 3.04. The average molecular weight is 196 g/mol. The van der Waals surface area contributed by atoms with Crippen molar-refractivity contribution >= 4 is 0 Å². The summed E-state index contributed by atoms with van der Waals surface area (Å²) < 4.78 is 13.4. The Morgan fingerprint density at radius 1 is 1.29 bits per heavy atom. The zero-order chi connectivity index (χ0) is 10.7. The molecular formula is C12H17FO. The Kier molecular flexibility index (Phi) is 3.64. The van der Waals surface area contributed by atoms with Crippen LogP contribution < -0.4 is 0 Å². The number of benzene rings is 1. The van der Waals surface area contributed by atoms with Crippen LogP contribution in [0.1, 0.15) is 43.7 Å². The maximum absolute atomic E-state index is 13.4. The lowest BCUT2D eigenvalue weighted by Gasteiger charge is -2.13. The normalized spacial score (nSPS) is 13.3. The van der Waals surface area contributed by atoms with E-state index in [9.17, 15) is 4.39 Å². The minimum atomic E-state index is -0.226. The van der Waals surface area contributed by atoms with E-state index in [1.54, 1.807) is 6.07 Å². The molecular weight excluding hydrogens is 179 g/mol. The molecule has 2 heteroatoms. The van der Waals surface area contributed by atoms with Crippen molar-refractivity contribution in [3.8, 4) is 0 Å². The van der Waals surface area contributed by atoms with E-state index < -0.39 is 0 Å². The van der Waals surface area contributed by atoms with E-state index in [1.165, 1.54) is 6.07 Å². The summed E-state index contributed by atoms with van der Waals surface area (Å²) in [5, 5.41) is 8.98. The second-order valence-electron chi connectivity index (χ2n) is 4.02. The molecule has 0 aliphatic carbocycles. The lowest BCUT2D eigenvalue weighted by molar-refractivity contribution is 0.270. The van der Waals surface area contributed by atoms with Crippen LogP contribution in [0.2, 0.25) is 0 Å². The van der Waals surface area contributed by atoms with Gasteiger partial charge in [0.15, 0.2) is 0 Å². The van der Waals surface area contributed by atoms with Crippen molar-refractivity contribution < 1.29 is 9.50 Å². The summed E-state index contributed by atoms with van der Waals surface area (Å²) in [5.41, 5.74) is 1.72. The third kappa shape index (κ3) is 2.32. The van der Waals surface area contributed by atoms with E-state index in [2.05, 4.69) is 13.8 Å². The highest BCUT2D eigenvalue weighted by Gasteiger charge is 2.11. The first kappa shape index (κ1) is 11.2. The molecule has 0 saturated carbocycles. The minimum absolute atomic E-state index is 0.0154. The monoisotopic (exact) mass is 196 g/mol. The lowest BCUT2D eigenvalue weighted by atomic mass is 9.95. The molecule has 0 aliphatic rings. The largest absolute Gasteiger partial charge is 0.396 e. The van der Waals surface area contributed by atoms with E-state index in [1.807, 2.05) is 13.0 Å². The summed E-state index contributed by atoms with van der Waals surface area (Å²) >= 11 is 0. The number of hydrogen-bond donors (Lipinski definition) is 1. The summed E-state index contributed by atoms with van der Waals surface area (Å²) in [7, 11) is 0. The summed E-state index contributed by atoms with van der Waals surface area (Å²) in [6.07, 6.45) is 0. The molecule has 1 atom stereocenters. The molecule has 0 saturated heterocycles. The zero-order valence-electron chi connectivity index (χ0n) is 8.92. The van der Waals surface area contributed by atoms with Crippen LogP contribution in [0.3, 0.4) is 0 Å². The van der Waals surface area contributed by atoms with Crippen molar-refractivity contribution in [2.24, 2.45) is 0 Å². The van der Waals surface area contributed by atoms with Gasteiger partial charge in [-0.1, -0.05) is 32.9 Å². The van der Waals surface area contributed by atoms with Crippen molar-refractivity contribution in [2.45, 2.75) is 32.6 Å². The summed E-state index contributed by atoms with van der Waals surface area (Å²) in [6.45, 7) is 5.95. The van der Waals surface area contributed by atoms with Gasteiger partial charge in [0.1, 0.15) is 5.82 Å². The van der Waals surface area contributed by atoms with E-state index in [0.717, 1.165) is 5.56 Å². The third-order valence-corrected chi connectivity index (χ3v) is 2.49. The van der Waals surface area contributed by atoms with Crippen molar-refractivity contribution in [2.75, 3.05) is 6.61 Å². The van der Waals surface area contributed by atoms with Gasteiger partial charge in [-0.25, -0.2) is 4.39 Å². The first-order valence-electron chi connectivity index (χ1n) is 4.96. The van der Waals surface area contributed by atoms with Crippen molar-refractivity contribution in [1.82, 2.24) is 0 Å². The predicted molar refractivity (Wildman–Crippen MR) is 56.0 cm³/mol. The minimum Gasteiger partial charge on any atom is -0.396 e. The van der Waals surface area contributed by atoms with Gasteiger partial charge >= 0.3 is 0 Å². The SMILES string of the molecule is CC(C)c1ccc(F)c(C(C)CO)c1. The molecule has 0 spiro atoms. The maximum Gasteiger partial charge on any atom is 0.126 e. The molecule has 1 aromatic carbocycles. The Hall–Kier alpha value is -0.890. The van der Waals surface area contributed by atoms with Gasteiger partial charge in [-0.3, -0.25) is 0 Å². The second kappa shape index (κ2) is 4.56. The Morgan fingerprint density at radius 3 is 2.43 bits per heavy atom. The smallest absolute Gasteiger partial charge is 0.126 e. The summed E-state index contributed by atoms with van der Waals surface area (Å²) in [5.74, 6) is 0.0323. The number of rotatable bonds is 3. The van der Waals surface area contributed by atoms with Crippen LogP contribution in [0, 0.1) is 5.82 Å². The van der Waals surface area contributed by atoms with Gasteiger partial charge in [-0.05, 0) is 23.1 Å². The van der Waals surface area contributed by atoms with E-state index >= 15 is 0 Å². The molecule has 1 aromatic rings. The number of aliphatic hydroxyl groups excluding tert-OH is 1. The van der Waals surface area contributed by atoms with Crippen LogP contribution in [0.4, 0.5) is 4.39 Å². The fourth-order valence-corrected chi connectivity index (χ4v) is 1.40. The molecule has 0 bridgehead atoms. The van der Waals surface area contributed by atoms with Gasteiger partial charge in [-0.2, -0.15) is 0 Å². The number of halogens is 1. The molecule has 0 heterocycles. The molecule has 0 fully saturated rings. The Bertz CT molecular complexity index is 307. The van der Waals surface area contributed by atoms with Crippen LogP contribution >= 0.6 is 0 Å². The van der Waals surface area contributed by atoms with Crippen LogP contribution in [-0.2, 0) is 0 Å². The molecule has 0 amide bonds. The molecule has 1 nitrogen and oxygen atoms in total. The van der Waals surface area contributed by atoms with Crippen molar-refractivity contribution in [3.05, 3.63) is 35.1 Å². The van der Waals surface area contributed by atoms with E-state index in [4.69, 9.17) is 5.11 Å². The van der Waals surface area contributed by atoms with Crippen molar-refractivity contribution in [3.63, 3.8) is 0 Å². The first-order chi connectivity index (χ1) is 6.56. The average Bonchev–Trinajstić information content (AvgIpc) is 2.17. The van der Waals surface area contributed by atoms with Gasteiger partial charge < -0.3 is 5.11 Å².